The van der Waals surface area contributed by atoms with Crippen molar-refractivity contribution in [1.82, 2.24) is 0 Å². The highest BCUT2D eigenvalue weighted by Crippen LogP contribution is 2.20. The molecule has 0 aromatic heterocycles. The van der Waals surface area contributed by atoms with Gasteiger partial charge in [0.05, 0.1) is 10.6 Å². The lowest BCUT2D eigenvalue weighted by Crippen LogP contribution is -2.11. The fourth-order valence-electron chi connectivity index (χ4n) is 1.61. The van der Waals surface area contributed by atoms with Crippen LogP contribution in [0.2, 0.25) is 5.02 Å². The van der Waals surface area contributed by atoms with E-state index in [0.29, 0.717) is 10.6 Å². The third-order valence-corrected chi connectivity index (χ3v) is 2.91. The van der Waals surface area contributed by atoms with Gasteiger partial charge in [-0.15, -0.1) is 0 Å². The van der Waals surface area contributed by atoms with E-state index in [2.05, 4.69) is 12.2 Å². The molecule has 0 bridgehead atoms. The van der Waals surface area contributed by atoms with E-state index < -0.39 is 5.91 Å². The summed E-state index contributed by atoms with van der Waals surface area (Å²) >= 11 is 5.95. The van der Waals surface area contributed by atoms with Crippen molar-refractivity contribution < 1.29 is 4.79 Å². The van der Waals surface area contributed by atoms with Crippen molar-refractivity contribution in [2.45, 2.75) is 32.6 Å². The highest BCUT2D eigenvalue weighted by Gasteiger charge is 2.06. The number of anilines is 1. The van der Waals surface area contributed by atoms with Crippen LogP contribution in [0, 0.1) is 0 Å². The molecule has 0 fully saturated rings. The van der Waals surface area contributed by atoms with Crippen LogP contribution in [0.3, 0.4) is 0 Å². The van der Waals surface area contributed by atoms with Gasteiger partial charge >= 0.3 is 0 Å². The number of primary amides is 1. The summed E-state index contributed by atoms with van der Waals surface area (Å²) < 4.78 is 0. The van der Waals surface area contributed by atoms with Gasteiger partial charge in [0.2, 0.25) is 5.91 Å². The van der Waals surface area contributed by atoms with Crippen LogP contribution in [0.4, 0.5) is 5.69 Å². The Morgan fingerprint density at radius 1 is 1.35 bits per heavy atom. The van der Waals surface area contributed by atoms with E-state index in [1.54, 1.807) is 12.1 Å². The van der Waals surface area contributed by atoms with Crippen LogP contribution in [-0.2, 0) is 0 Å². The Balaban J connectivity index is 2.45. The lowest BCUT2D eigenvalue weighted by molar-refractivity contribution is 0.100. The van der Waals surface area contributed by atoms with Gasteiger partial charge in [-0.1, -0.05) is 37.8 Å². The van der Waals surface area contributed by atoms with Crippen LogP contribution in [0.5, 0.6) is 0 Å². The van der Waals surface area contributed by atoms with Crippen molar-refractivity contribution >= 4 is 23.2 Å². The zero-order valence-electron chi connectivity index (χ0n) is 10.1. The van der Waals surface area contributed by atoms with Gasteiger partial charge in [0, 0.05) is 12.2 Å². The SMILES string of the molecule is CCCCCCNc1ccc(C(N)=O)c(Cl)c1. The van der Waals surface area contributed by atoms with Crippen LogP contribution in [-0.4, -0.2) is 12.5 Å². The number of carbonyl (C=O) groups excluding carboxylic acids is 1. The second kappa shape index (κ2) is 7.17. The average molecular weight is 255 g/mol. The lowest BCUT2D eigenvalue weighted by atomic mass is 10.2. The summed E-state index contributed by atoms with van der Waals surface area (Å²) in [5, 5.41) is 3.67. The number of hydrogen-bond acceptors (Lipinski definition) is 2. The molecule has 94 valence electrons. The van der Waals surface area contributed by atoms with Gasteiger partial charge in [0.1, 0.15) is 0 Å². The molecule has 1 aromatic carbocycles. The van der Waals surface area contributed by atoms with E-state index in [-0.39, 0.29) is 0 Å². The van der Waals surface area contributed by atoms with E-state index in [1.807, 2.05) is 6.07 Å². The van der Waals surface area contributed by atoms with Gasteiger partial charge in [-0.25, -0.2) is 0 Å². The molecule has 4 heteroatoms. The number of unbranched alkanes of at least 4 members (excludes halogenated alkanes) is 3. The molecule has 0 radical (unpaired) electrons. The standard InChI is InChI=1S/C13H19ClN2O/c1-2-3-4-5-8-16-10-6-7-11(13(15)17)12(14)9-10/h6-7,9,16H,2-5,8H2,1H3,(H2,15,17). The van der Waals surface area contributed by atoms with Crippen molar-refractivity contribution in [2.24, 2.45) is 5.73 Å². The Bertz CT molecular complexity index is 380. The number of nitrogens with two attached hydrogens (primary N) is 1. The van der Waals surface area contributed by atoms with E-state index in [9.17, 15) is 4.79 Å². The first-order chi connectivity index (χ1) is 8.15. The molecule has 0 heterocycles. The van der Waals surface area contributed by atoms with Gasteiger partial charge in [-0.3, -0.25) is 4.79 Å². The molecule has 1 amide bonds. The van der Waals surface area contributed by atoms with Crippen molar-refractivity contribution in [1.29, 1.82) is 0 Å². The molecule has 0 atom stereocenters. The van der Waals surface area contributed by atoms with Crippen LogP contribution in [0.25, 0.3) is 0 Å². The summed E-state index contributed by atoms with van der Waals surface area (Å²) in [7, 11) is 0. The lowest BCUT2D eigenvalue weighted by Gasteiger charge is -2.08. The van der Waals surface area contributed by atoms with Crippen molar-refractivity contribution in [2.75, 3.05) is 11.9 Å². The van der Waals surface area contributed by atoms with E-state index in [1.165, 1.54) is 19.3 Å². The van der Waals surface area contributed by atoms with E-state index in [0.717, 1.165) is 18.7 Å². The van der Waals surface area contributed by atoms with Crippen molar-refractivity contribution in [3.05, 3.63) is 28.8 Å². The number of nitrogens with one attached hydrogen (secondary N) is 1. The molecule has 1 rings (SSSR count). The average Bonchev–Trinajstić information content (AvgIpc) is 2.28. The Morgan fingerprint density at radius 2 is 2.12 bits per heavy atom. The minimum atomic E-state index is -0.496. The first kappa shape index (κ1) is 13.8. The highest BCUT2D eigenvalue weighted by atomic mass is 35.5. The number of benzene rings is 1. The smallest absolute Gasteiger partial charge is 0.250 e. The zero-order chi connectivity index (χ0) is 12.7. The Kier molecular flexibility index (Phi) is 5.84. The zero-order valence-corrected chi connectivity index (χ0v) is 10.9. The fraction of sp³-hybridized carbons (Fsp3) is 0.462. The summed E-state index contributed by atoms with van der Waals surface area (Å²) in [5.74, 6) is -0.496. The number of rotatable bonds is 7. The van der Waals surface area contributed by atoms with Crippen LogP contribution >= 0.6 is 11.6 Å². The largest absolute Gasteiger partial charge is 0.385 e. The topological polar surface area (TPSA) is 55.1 Å². The van der Waals surface area contributed by atoms with Crippen LogP contribution in [0.1, 0.15) is 43.0 Å². The maximum Gasteiger partial charge on any atom is 0.250 e. The monoisotopic (exact) mass is 254 g/mol. The first-order valence-corrected chi connectivity index (χ1v) is 6.36. The maximum absolute atomic E-state index is 11.0. The van der Waals surface area contributed by atoms with Crippen molar-refractivity contribution in [3.8, 4) is 0 Å². The number of hydrogen-bond donors (Lipinski definition) is 2. The van der Waals surface area contributed by atoms with E-state index in [4.69, 9.17) is 17.3 Å². The minimum Gasteiger partial charge on any atom is -0.385 e. The highest BCUT2D eigenvalue weighted by molar-refractivity contribution is 6.34. The molecule has 0 spiro atoms. The molecule has 17 heavy (non-hydrogen) atoms. The Morgan fingerprint density at radius 3 is 2.71 bits per heavy atom. The summed E-state index contributed by atoms with van der Waals surface area (Å²) in [6.07, 6.45) is 4.88. The van der Waals surface area contributed by atoms with Gasteiger partial charge < -0.3 is 11.1 Å². The number of halogens is 1. The quantitative estimate of drug-likeness (QED) is 0.733. The van der Waals surface area contributed by atoms with E-state index >= 15 is 0 Å². The molecule has 1 aromatic rings. The van der Waals surface area contributed by atoms with Gasteiger partial charge in [-0.2, -0.15) is 0 Å². The molecular formula is C13H19ClN2O. The minimum absolute atomic E-state index is 0.364. The third-order valence-electron chi connectivity index (χ3n) is 2.59. The second-order valence-electron chi connectivity index (χ2n) is 4.05. The predicted molar refractivity (Wildman–Crippen MR) is 72.6 cm³/mol. The predicted octanol–water partition coefficient (Wildman–Crippen LogP) is 3.43. The molecule has 3 N–H and O–H groups in total. The summed E-state index contributed by atoms with van der Waals surface area (Å²) in [6.45, 7) is 3.11. The first-order valence-electron chi connectivity index (χ1n) is 5.98. The number of amides is 1. The van der Waals surface area contributed by atoms with Gasteiger partial charge in [0.15, 0.2) is 0 Å². The third kappa shape index (κ3) is 4.65. The Hall–Kier alpha value is -1.22. The summed E-state index contributed by atoms with van der Waals surface area (Å²) in [6, 6.07) is 5.21. The summed E-state index contributed by atoms with van der Waals surface area (Å²) in [5.41, 5.74) is 6.47. The normalized spacial score (nSPS) is 10.2. The Labute approximate surface area is 107 Å². The molecule has 0 saturated carbocycles. The van der Waals surface area contributed by atoms with Gasteiger partial charge in [-0.05, 0) is 24.6 Å². The maximum atomic E-state index is 11.0. The number of carbonyl (C=O) groups is 1. The summed E-state index contributed by atoms with van der Waals surface area (Å²) in [4.78, 5) is 11.0. The van der Waals surface area contributed by atoms with Crippen LogP contribution < -0.4 is 11.1 Å². The molecule has 0 unspecified atom stereocenters. The second-order valence-corrected chi connectivity index (χ2v) is 4.45. The molecule has 0 aliphatic rings. The molecule has 0 aliphatic heterocycles. The fourth-order valence-corrected chi connectivity index (χ4v) is 1.88. The molecule has 0 saturated heterocycles. The molecule has 3 nitrogen and oxygen atoms in total. The van der Waals surface area contributed by atoms with Gasteiger partial charge in [0.25, 0.3) is 0 Å². The molecule has 0 aliphatic carbocycles. The molecular weight excluding hydrogens is 236 g/mol. The van der Waals surface area contributed by atoms with Crippen LogP contribution in [0.15, 0.2) is 18.2 Å². The van der Waals surface area contributed by atoms with Crippen molar-refractivity contribution in [3.63, 3.8) is 0 Å².